The summed E-state index contributed by atoms with van der Waals surface area (Å²) in [5.74, 6) is 4.62. The van der Waals surface area contributed by atoms with Gasteiger partial charge in [0, 0.05) is 6.20 Å². The molecule has 0 fully saturated rings. The van der Waals surface area contributed by atoms with Crippen LogP contribution in [0.15, 0.2) is 12.5 Å². The van der Waals surface area contributed by atoms with Crippen LogP contribution in [0.4, 0.5) is 10.6 Å². The molecule has 0 bridgehead atoms. The predicted octanol–water partition coefficient (Wildman–Crippen LogP) is -1.04. The molecule has 0 aliphatic rings. The molecular weight excluding hydrogens is 190 g/mol. The molecule has 0 saturated carbocycles. The van der Waals surface area contributed by atoms with Gasteiger partial charge in [0.05, 0.1) is 6.33 Å². The summed E-state index contributed by atoms with van der Waals surface area (Å²) in [5.41, 5.74) is 1.94. The lowest BCUT2D eigenvalue weighted by Gasteiger charge is -1.98. The topological polar surface area (TPSA) is 122 Å². The van der Waals surface area contributed by atoms with E-state index in [0.29, 0.717) is 0 Å². The first-order valence-electron chi connectivity index (χ1n) is 3.63. The monoisotopic (exact) mass is 199 g/mol. The summed E-state index contributed by atoms with van der Waals surface area (Å²) in [6.07, 6.45) is 1.49. The van der Waals surface area contributed by atoms with E-state index < -0.39 is 12.0 Å². The van der Waals surface area contributed by atoms with Gasteiger partial charge in [-0.25, -0.2) is 15.6 Å². The van der Waals surface area contributed by atoms with Crippen LogP contribution in [0.5, 0.6) is 0 Å². The summed E-state index contributed by atoms with van der Waals surface area (Å²) in [7, 11) is 0. The number of nitrogens with zero attached hydrogens (tertiary/aromatic N) is 2. The molecule has 0 aliphatic carbocycles. The van der Waals surface area contributed by atoms with E-state index in [9.17, 15) is 9.59 Å². The number of hydrazine groups is 1. The quantitative estimate of drug-likeness (QED) is 0.281. The number of anilines is 1. The van der Waals surface area contributed by atoms with Crippen molar-refractivity contribution in [3.8, 4) is 0 Å². The molecule has 76 valence electrons. The molecule has 5 N–H and O–H groups in total. The van der Waals surface area contributed by atoms with Crippen molar-refractivity contribution in [1.82, 2.24) is 15.0 Å². The molecule has 0 spiro atoms. The summed E-state index contributed by atoms with van der Waals surface area (Å²) in [6, 6.07) is 0. The number of nitrogens with two attached hydrogens (primary N) is 1. The van der Waals surface area contributed by atoms with Crippen molar-refractivity contribution in [2.45, 2.75) is 6.54 Å². The molecule has 1 aromatic rings. The molecular formula is C6H9N5O3. The third-order valence-corrected chi connectivity index (χ3v) is 1.36. The second-order valence-electron chi connectivity index (χ2n) is 2.43. The van der Waals surface area contributed by atoms with E-state index >= 15 is 0 Å². The second-order valence-corrected chi connectivity index (χ2v) is 2.43. The number of nitrogens with one attached hydrogen (secondary N) is 2. The summed E-state index contributed by atoms with van der Waals surface area (Å²) in [6.45, 7) is -0.00913. The van der Waals surface area contributed by atoms with Crippen LogP contribution in [0, 0.1) is 0 Å². The lowest BCUT2D eigenvalue weighted by molar-refractivity contribution is -0.121. The molecule has 0 aliphatic heterocycles. The van der Waals surface area contributed by atoms with Crippen LogP contribution < -0.4 is 16.6 Å². The van der Waals surface area contributed by atoms with Crippen LogP contribution in [-0.4, -0.2) is 26.7 Å². The van der Waals surface area contributed by atoms with Crippen molar-refractivity contribution < 1.29 is 14.7 Å². The number of hydrogen-bond acceptors (Lipinski definition) is 4. The fourth-order valence-corrected chi connectivity index (χ4v) is 0.832. The van der Waals surface area contributed by atoms with Crippen LogP contribution in [0.3, 0.4) is 0 Å². The van der Waals surface area contributed by atoms with E-state index in [4.69, 9.17) is 10.9 Å². The van der Waals surface area contributed by atoms with Crippen molar-refractivity contribution >= 4 is 17.8 Å². The van der Waals surface area contributed by atoms with Crippen molar-refractivity contribution in [3.05, 3.63) is 12.5 Å². The van der Waals surface area contributed by atoms with Crippen LogP contribution >= 0.6 is 0 Å². The van der Waals surface area contributed by atoms with Gasteiger partial charge in [0.15, 0.2) is 5.82 Å². The van der Waals surface area contributed by atoms with Gasteiger partial charge < -0.3 is 9.67 Å². The molecule has 1 aromatic heterocycles. The Kier molecular flexibility index (Phi) is 3.02. The second kappa shape index (κ2) is 4.23. The Labute approximate surface area is 78.7 Å². The fraction of sp³-hybridized carbons (Fsp3) is 0.167. The molecule has 1 rings (SSSR count). The molecule has 8 heteroatoms. The van der Waals surface area contributed by atoms with Gasteiger partial charge >= 0.3 is 6.09 Å². The van der Waals surface area contributed by atoms with Gasteiger partial charge in [-0.1, -0.05) is 0 Å². The smallest absolute Gasteiger partial charge is 0.410 e. The Morgan fingerprint density at radius 1 is 1.64 bits per heavy atom. The maximum absolute atomic E-state index is 10.8. The number of hydrogen-bond donors (Lipinski definition) is 4. The van der Waals surface area contributed by atoms with E-state index in [1.165, 1.54) is 17.1 Å². The van der Waals surface area contributed by atoms with Crippen LogP contribution in [-0.2, 0) is 11.3 Å². The number of aromatic nitrogens is 2. The lowest BCUT2D eigenvalue weighted by atomic mass is 10.6. The first-order valence-corrected chi connectivity index (χ1v) is 3.63. The van der Waals surface area contributed by atoms with Crippen molar-refractivity contribution in [1.29, 1.82) is 0 Å². The largest absolute Gasteiger partial charge is 0.465 e. The normalized spacial score (nSPS) is 9.50. The highest BCUT2D eigenvalue weighted by Crippen LogP contribution is 2.01. The van der Waals surface area contributed by atoms with Crippen molar-refractivity contribution in [2.24, 2.45) is 5.84 Å². The number of carboxylic acid groups (broad SMARTS) is 1. The molecule has 0 radical (unpaired) electrons. The van der Waals surface area contributed by atoms with E-state index in [1.54, 1.807) is 0 Å². The van der Waals surface area contributed by atoms with Gasteiger partial charge in [-0.3, -0.25) is 15.5 Å². The standard InChI is InChI=1S/C6H9N5O3/c7-10-5(12)2-11-1-4(8-3-11)9-6(13)14/h1,3,9H,2,7H2,(H,10,12)(H,13,14). The van der Waals surface area contributed by atoms with Crippen molar-refractivity contribution in [2.75, 3.05) is 5.32 Å². The van der Waals surface area contributed by atoms with Gasteiger partial charge in [-0.15, -0.1) is 0 Å². The molecule has 0 saturated heterocycles. The lowest BCUT2D eigenvalue weighted by Crippen LogP contribution is -2.32. The molecule has 0 aromatic carbocycles. The summed E-state index contributed by atoms with van der Waals surface area (Å²) in [4.78, 5) is 24.7. The number of imidazole rings is 1. The first kappa shape index (κ1) is 9.99. The number of rotatable bonds is 3. The maximum Gasteiger partial charge on any atom is 0.410 e. The number of carbonyl (C=O) groups is 2. The summed E-state index contributed by atoms with van der Waals surface area (Å²) < 4.78 is 1.40. The third kappa shape index (κ3) is 2.75. The van der Waals surface area contributed by atoms with E-state index in [-0.39, 0.29) is 12.4 Å². The number of carbonyl (C=O) groups excluding carboxylic acids is 1. The zero-order chi connectivity index (χ0) is 10.6. The Bertz CT molecular complexity index is 347. The molecule has 0 unspecified atom stereocenters. The van der Waals surface area contributed by atoms with E-state index in [1.807, 2.05) is 10.7 Å². The van der Waals surface area contributed by atoms with Crippen LogP contribution in [0.25, 0.3) is 0 Å². The highest BCUT2D eigenvalue weighted by molar-refractivity contribution is 5.81. The minimum Gasteiger partial charge on any atom is -0.465 e. The minimum absolute atomic E-state index is 0.00913. The predicted molar refractivity (Wildman–Crippen MR) is 46.2 cm³/mol. The average Bonchev–Trinajstić information content (AvgIpc) is 2.51. The van der Waals surface area contributed by atoms with Crippen LogP contribution in [0.1, 0.15) is 0 Å². The highest BCUT2D eigenvalue weighted by atomic mass is 16.4. The minimum atomic E-state index is -1.21. The molecule has 14 heavy (non-hydrogen) atoms. The molecule has 2 amide bonds. The third-order valence-electron chi connectivity index (χ3n) is 1.36. The summed E-state index contributed by atoms with van der Waals surface area (Å²) >= 11 is 0. The van der Waals surface area contributed by atoms with Gasteiger partial charge in [0.2, 0.25) is 0 Å². The fourth-order valence-electron chi connectivity index (χ4n) is 0.832. The molecule has 8 nitrogen and oxygen atoms in total. The highest BCUT2D eigenvalue weighted by Gasteiger charge is 2.04. The summed E-state index contributed by atoms with van der Waals surface area (Å²) in [5, 5.41) is 10.4. The van der Waals surface area contributed by atoms with Gasteiger partial charge in [-0.2, -0.15) is 0 Å². The zero-order valence-electron chi connectivity index (χ0n) is 7.10. The van der Waals surface area contributed by atoms with Gasteiger partial charge in [0.25, 0.3) is 5.91 Å². The van der Waals surface area contributed by atoms with Gasteiger partial charge in [0.1, 0.15) is 6.54 Å². The molecule has 1 heterocycles. The maximum atomic E-state index is 10.8. The van der Waals surface area contributed by atoms with Crippen molar-refractivity contribution in [3.63, 3.8) is 0 Å². The SMILES string of the molecule is NNC(=O)Cn1cnc(NC(=O)O)c1. The Hall–Kier alpha value is -2.09. The zero-order valence-corrected chi connectivity index (χ0v) is 7.10. The Morgan fingerprint density at radius 2 is 2.36 bits per heavy atom. The van der Waals surface area contributed by atoms with E-state index in [2.05, 4.69) is 4.98 Å². The molecule has 0 atom stereocenters. The first-order chi connectivity index (χ1) is 6.61. The van der Waals surface area contributed by atoms with E-state index in [0.717, 1.165) is 0 Å². The Morgan fingerprint density at radius 3 is 2.93 bits per heavy atom. The van der Waals surface area contributed by atoms with Crippen LogP contribution in [0.2, 0.25) is 0 Å². The number of amides is 2. The Balaban J connectivity index is 2.59. The van der Waals surface area contributed by atoms with Gasteiger partial charge in [-0.05, 0) is 0 Å². The average molecular weight is 199 g/mol.